The average Bonchev–Trinajstić information content (AvgIpc) is 2.94. The van der Waals surface area contributed by atoms with Crippen LogP contribution in [-0.4, -0.2) is 39.6 Å². The van der Waals surface area contributed by atoms with Crippen molar-refractivity contribution >= 4 is 41.1 Å². The molecule has 1 aliphatic heterocycles. The van der Waals surface area contributed by atoms with Gasteiger partial charge < -0.3 is 10.0 Å². The lowest BCUT2D eigenvalue weighted by atomic mass is 10.2. The lowest BCUT2D eigenvalue weighted by molar-refractivity contribution is -0.146. The topological polar surface area (TPSA) is 57.6 Å². The molecule has 1 aromatic heterocycles. The highest BCUT2D eigenvalue weighted by Crippen LogP contribution is 2.22. The quantitative estimate of drug-likeness (QED) is 0.863. The van der Waals surface area contributed by atoms with Crippen molar-refractivity contribution < 1.29 is 14.7 Å². The van der Waals surface area contributed by atoms with Crippen molar-refractivity contribution in [2.75, 3.05) is 11.6 Å². The van der Waals surface area contributed by atoms with Gasteiger partial charge in [0.2, 0.25) is 5.91 Å². The van der Waals surface area contributed by atoms with Crippen LogP contribution >= 0.6 is 23.1 Å². The summed E-state index contributed by atoms with van der Waals surface area (Å²) < 4.78 is 0. The van der Waals surface area contributed by atoms with Crippen LogP contribution in [0.25, 0.3) is 6.08 Å². The van der Waals surface area contributed by atoms with Gasteiger partial charge in [-0.3, -0.25) is 4.79 Å². The lowest BCUT2D eigenvalue weighted by Gasteiger charge is -2.18. The number of thiophene rings is 1. The van der Waals surface area contributed by atoms with E-state index in [2.05, 4.69) is 0 Å². The third kappa shape index (κ3) is 2.76. The van der Waals surface area contributed by atoms with Gasteiger partial charge in [-0.1, -0.05) is 0 Å². The van der Waals surface area contributed by atoms with E-state index < -0.39 is 12.0 Å². The summed E-state index contributed by atoms with van der Waals surface area (Å²) in [4.78, 5) is 25.3. The molecule has 0 radical (unpaired) electrons. The van der Waals surface area contributed by atoms with Crippen LogP contribution < -0.4 is 0 Å². The fraction of sp³-hybridized carbons (Fsp3) is 0.333. The predicted molar refractivity (Wildman–Crippen MR) is 73.7 cm³/mol. The number of hydrogen-bond acceptors (Lipinski definition) is 4. The van der Waals surface area contributed by atoms with Crippen molar-refractivity contribution in [1.29, 1.82) is 0 Å². The number of carbonyl (C=O) groups excluding carboxylic acids is 1. The summed E-state index contributed by atoms with van der Waals surface area (Å²) >= 11 is 3.03. The van der Waals surface area contributed by atoms with Gasteiger partial charge in [-0.25, -0.2) is 4.79 Å². The molecule has 6 heteroatoms. The van der Waals surface area contributed by atoms with Gasteiger partial charge >= 0.3 is 5.97 Å². The summed E-state index contributed by atoms with van der Waals surface area (Å²) in [6, 6.07) is 1.29. The minimum Gasteiger partial charge on any atom is -0.480 e. The molecule has 1 aliphatic rings. The van der Waals surface area contributed by atoms with Gasteiger partial charge in [0, 0.05) is 16.7 Å². The van der Waals surface area contributed by atoms with Crippen LogP contribution in [0.2, 0.25) is 0 Å². The lowest BCUT2D eigenvalue weighted by Crippen LogP contribution is -2.40. The van der Waals surface area contributed by atoms with Gasteiger partial charge in [0.05, 0.1) is 5.88 Å². The minimum atomic E-state index is -0.936. The van der Waals surface area contributed by atoms with Crippen LogP contribution in [0.1, 0.15) is 10.4 Å². The van der Waals surface area contributed by atoms with Crippen molar-refractivity contribution in [3.63, 3.8) is 0 Å². The number of thioether (sulfide) groups is 1. The Morgan fingerprint density at radius 3 is 2.94 bits per heavy atom. The van der Waals surface area contributed by atoms with E-state index >= 15 is 0 Å². The summed E-state index contributed by atoms with van der Waals surface area (Å²) in [5.74, 6) is -0.259. The zero-order valence-corrected chi connectivity index (χ0v) is 11.5. The molecule has 4 nitrogen and oxygen atoms in total. The highest BCUT2D eigenvalue weighted by atomic mass is 32.2. The number of hydrogen-bond donors (Lipinski definition) is 1. The minimum absolute atomic E-state index is 0.236. The van der Waals surface area contributed by atoms with Gasteiger partial charge in [0.25, 0.3) is 0 Å². The van der Waals surface area contributed by atoms with Crippen molar-refractivity contribution in [2.45, 2.75) is 13.0 Å². The normalized spacial score (nSPS) is 19.6. The van der Waals surface area contributed by atoms with Gasteiger partial charge in [-0.05, 0) is 30.0 Å². The molecule has 0 saturated carbocycles. The maximum Gasteiger partial charge on any atom is 0.327 e. The van der Waals surface area contributed by atoms with E-state index in [1.54, 1.807) is 17.4 Å². The molecule has 1 N–H and O–H groups in total. The van der Waals surface area contributed by atoms with Crippen LogP contribution in [0.3, 0.4) is 0 Å². The second-order valence-corrected chi connectivity index (χ2v) is 5.91. The van der Waals surface area contributed by atoms with Crippen molar-refractivity contribution in [1.82, 2.24) is 4.90 Å². The number of nitrogens with zero attached hydrogens (tertiary/aromatic N) is 1. The average molecular weight is 283 g/mol. The van der Waals surface area contributed by atoms with Crippen LogP contribution in [0.4, 0.5) is 0 Å². The van der Waals surface area contributed by atoms with Gasteiger partial charge in [0.1, 0.15) is 6.04 Å². The number of rotatable bonds is 3. The second-order valence-electron chi connectivity index (χ2n) is 3.96. The molecular formula is C12H13NO3S2. The monoisotopic (exact) mass is 283 g/mol. The molecule has 1 atom stereocenters. The maximum absolute atomic E-state index is 11.9. The Kier molecular flexibility index (Phi) is 4.08. The number of carboxylic acids is 1. The molecule has 1 fully saturated rings. The predicted octanol–water partition coefficient (Wildman–Crippen LogP) is 2.06. The molecule has 2 heterocycles. The first-order valence-electron chi connectivity index (χ1n) is 5.43. The smallest absolute Gasteiger partial charge is 0.327 e. The number of aliphatic carboxylic acids is 1. The number of carbonyl (C=O) groups is 2. The molecule has 0 unspecified atom stereocenters. The third-order valence-corrected chi connectivity index (χ3v) is 4.73. The Morgan fingerprint density at radius 2 is 2.33 bits per heavy atom. The molecule has 18 heavy (non-hydrogen) atoms. The Morgan fingerprint density at radius 1 is 1.56 bits per heavy atom. The number of carboxylic acid groups (broad SMARTS) is 1. The second kappa shape index (κ2) is 5.58. The van der Waals surface area contributed by atoms with E-state index in [1.165, 1.54) is 22.7 Å². The van der Waals surface area contributed by atoms with E-state index in [4.69, 9.17) is 5.11 Å². The Balaban J connectivity index is 2.06. The molecule has 2 rings (SSSR count). The molecule has 1 saturated heterocycles. The first-order chi connectivity index (χ1) is 8.59. The van der Waals surface area contributed by atoms with Crippen LogP contribution in [-0.2, 0) is 9.59 Å². The molecule has 0 aliphatic carbocycles. The fourth-order valence-electron chi connectivity index (χ4n) is 1.66. The fourth-order valence-corrected chi connectivity index (χ4v) is 3.64. The zero-order valence-electron chi connectivity index (χ0n) is 9.83. The molecule has 1 aromatic rings. The van der Waals surface area contributed by atoms with E-state index in [0.717, 1.165) is 10.4 Å². The first-order valence-corrected chi connectivity index (χ1v) is 7.46. The van der Waals surface area contributed by atoms with Crippen molar-refractivity contribution in [3.05, 3.63) is 28.0 Å². The zero-order chi connectivity index (χ0) is 13.1. The summed E-state index contributed by atoms with van der Waals surface area (Å²) in [5, 5.41) is 11.0. The van der Waals surface area contributed by atoms with E-state index in [0.29, 0.717) is 11.6 Å². The number of aryl methyl sites for hydroxylation is 1. The molecule has 0 spiro atoms. The van der Waals surface area contributed by atoms with Crippen molar-refractivity contribution in [2.24, 2.45) is 0 Å². The maximum atomic E-state index is 11.9. The molecule has 1 amide bonds. The number of amides is 1. The highest BCUT2D eigenvalue weighted by Gasteiger charge is 2.33. The standard InChI is InChI=1S/C12H13NO3S2/c1-8-4-5-18-10(8)2-3-11(14)13-7-17-6-9(13)12(15)16/h2-5,9H,6-7H2,1H3,(H,15,16)/b3-2+/t9-/m0/s1. The molecular weight excluding hydrogens is 270 g/mol. The van der Waals surface area contributed by atoms with Gasteiger partial charge in [-0.2, -0.15) is 0 Å². The van der Waals surface area contributed by atoms with Crippen LogP contribution in [0, 0.1) is 6.92 Å². The Labute approximate surface area is 113 Å². The van der Waals surface area contributed by atoms with E-state index in [1.807, 2.05) is 18.4 Å². The molecule has 0 aromatic carbocycles. The summed E-state index contributed by atoms with van der Waals surface area (Å²) in [6.07, 6.45) is 3.21. The van der Waals surface area contributed by atoms with Crippen LogP contribution in [0.5, 0.6) is 0 Å². The summed E-state index contributed by atoms with van der Waals surface area (Å²) in [5.41, 5.74) is 1.12. The Bertz CT molecular complexity index is 495. The molecule has 96 valence electrons. The Hall–Kier alpha value is -1.27. The van der Waals surface area contributed by atoms with Gasteiger partial charge in [0.15, 0.2) is 0 Å². The summed E-state index contributed by atoms with van der Waals surface area (Å²) in [6.45, 7) is 1.98. The first kappa shape index (κ1) is 13.2. The largest absolute Gasteiger partial charge is 0.480 e. The van der Waals surface area contributed by atoms with Crippen molar-refractivity contribution in [3.8, 4) is 0 Å². The highest BCUT2D eigenvalue weighted by molar-refractivity contribution is 7.99. The van der Waals surface area contributed by atoms with E-state index in [9.17, 15) is 9.59 Å². The van der Waals surface area contributed by atoms with Crippen LogP contribution in [0.15, 0.2) is 17.5 Å². The molecule has 0 bridgehead atoms. The summed E-state index contributed by atoms with van der Waals surface area (Å²) in [7, 11) is 0. The SMILES string of the molecule is Cc1ccsc1/C=C/C(=O)N1CSC[C@H]1C(=O)O. The third-order valence-electron chi connectivity index (χ3n) is 2.73. The van der Waals surface area contributed by atoms with Gasteiger partial charge in [-0.15, -0.1) is 23.1 Å². The van der Waals surface area contributed by atoms with E-state index in [-0.39, 0.29) is 5.91 Å².